The largest absolute Gasteiger partial charge is 0.460 e. The monoisotopic (exact) mass is 562 g/mol. The molecule has 3 heterocycles. The minimum atomic E-state index is -0.539. The number of methoxy groups -OCH3 is 1. The van der Waals surface area contributed by atoms with Crippen molar-refractivity contribution in [3.8, 4) is 11.5 Å². The number of hydrogen-bond donors (Lipinski definition) is 0. The molecular formula is C30H34N4O5S. The van der Waals surface area contributed by atoms with Gasteiger partial charge >= 0.3 is 5.97 Å². The van der Waals surface area contributed by atoms with Crippen molar-refractivity contribution in [2.75, 3.05) is 53.6 Å². The van der Waals surface area contributed by atoms with Gasteiger partial charge in [0.2, 0.25) is 5.91 Å². The minimum Gasteiger partial charge on any atom is -0.460 e. The third-order valence-corrected chi connectivity index (χ3v) is 7.97. The zero-order valence-corrected chi connectivity index (χ0v) is 23.9. The van der Waals surface area contributed by atoms with Gasteiger partial charge in [-0.2, -0.15) is 0 Å². The quantitative estimate of drug-likeness (QED) is 0.328. The van der Waals surface area contributed by atoms with Crippen LogP contribution in [-0.4, -0.2) is 85.3 Å². The van der Waals surface area contributed by atoms with Crippen molar-refractivity contribution in [2.24, 2.45) is 4.99 Å². The Balaban J connectivity index is 1.47. The van der Waals surface area contributed by atoms with Crippen LogP contribution in [0.2, 0.25) is 0 Å². The van der Waals surface area contributed by atoms with Gasteiger partial charge in [0, 0.05) is 39.0 Å². The fraction of sp³-hybridized carbons (Fsp3) is 0.367. The van der Waals surface area contributed by atoms with Gasteiger partial charge in [0.15, 0.2) is 5.17 Å². The summed E-state index contributed by atoms with van der Waals surface area (Å²) in [6.07, 6.45) is 0.220. The average molecular weight is 563 g/mol. The predicted octanol–water partition coefficient (Wildman–Crippen LogP) is 4.41. The zero-order chi connectivity index (χ0) is 28.1. The number of likely N-dealkylation sites (N-methyl/N-ethyl adjacent to an activating group) is 1. The van der Waals surface area contributed by atoms with Crippen LogP contribution in [0.25, 0.3) is 0 Å². The zero-order valence-electron chi connectivity index (χ0n) is 23.0. The second kappa shape index (κ2) is 12.7. The molecule has 0 N–H and O–H groups in total. The highest BCUT2D eigenvalue weighted by Gasteiger charge is 2.41. The number of aliphatic imine (C=N–C) groups is 1. The summed E-state index contributed by atoms with van der Waals surface area (Å²) in [5.41, 5.74) is 2.65. The lowest BCUT2D eigenvalue weighted by molar-refractivity contribution is -0.141. The number of allylic oxidation sites excluding steroid dienone is 1. The Bertz CT molecular complexity index is 1330. The molecule has 1 saturated heterocycles. The summed E-state index contributed by atoms with van der Waals surface area (Å²) in [5.74, 6) is 0.963. The Morgan fingerprint density at radius 1 is 1.00 bits per heavy atom. The van der Waals surface area contributed by atoms with Gasteiger partial charge in [-0.05, 0) is 49.2 Å². The molecule has 210 valence electrons. The first kappa shape index (κ1) is 27.9. The summed E-state index contributed by atoms with van der Waals surface area (Å²) in [4.78, 5) is 37.7. The lowest BCUT2D eigenvalue weighted by atomic mass is 9.93. The molecule has 3 aliphatic rings. The summed E-state index contributed by atoms with van der Waals surface area (Å²) >= 11 is 1.47. The molecule has 0 saturated carbocycles. The van der Waals surface area contributed by atoms with Crippen molar-refractivity contribution in [3.05, 3.63) is 82.5 Å². The highest BCUT2D eigenvalue weighted by molar-refractivity contribution is 8.16. The number of ether oxygens (including phenoxy) is 3. The van der Waals surface area contributed by atoms with Gasteiger partial charge < -0.3 is 28.9 Å². The Morgan fingerprint density at radius 3 is 2.50 bits per heavy atom. The van der Waals surface area contributed by atoms with E-state index in [0.29, 0.717) is 42.5 Å². The van der Waals surface area contributed by atoms with Gasteiger partial charge in [0.25, 0.3) is 0 Å². The van der Waals surface area contributed by atoms with Crippen molar-refractivity contribution in [1.82, 2.24) is 14.7 Å². The van der Waals surface area contributed by atoms with Gasteiger partial charge in [-0.25, -0.2) is 9.79 Å². The summed E-state index contributed by atoms with van der Waals surface area (Å²) < 4.78 is 16.8. The molecule has 1 atom stereocenters. The molecule has 2 aromatic rings. The topological polar surface area (TPSA) is 83.9 Å². The third-order valence-electron chi connectivity index (χ3n) is 7.08. The maximum Gasteiger partial charge on any atom is 0.338 e. The number of para-hydroxylation sites is 1. The molecule has 1 amide bonds. The number of benzene rings is 2. The third kappa shape index (κ3) is 6.24. The summed E-state index contributed by atoms with van der Waals surface area (Å²) in [6.45, 7) is 5.36. The second-order valence-electron chi connectivity index (χ2n) is 9.87. The van der Waals surface area contributed by atoms with Crippen molar-refractivity contribution in [1.29, 1.82) is 0 Å². The van der Waals surface area contributed by atoms with E-state index in [2.05, 4.69) is 11.9 Å². The van der Waals surface area contributed by atoms with Crippen LogP contribution in [0.15, 0.2) is 82.0 Å². The molecule has 5 rings (SSSR count). The van der Waals surface area contributed by atoms with Crippen molar-refractivity contribution in [3.63, 3.8) is 0 Å². The predicted molar refractivity (Wildman–Crippen MR) is 155 cm³/mol. The maximum absolute atomic E-state index is 13.5. The number of carbonyl (C=O) groups is 2. The standard InChI is InChI=1S/C30H34N4O5S/c1-21-27(29(36)38-17-16-37-3)28(22-8-7-11-25(18-22)39-24-9-5-4-6-10-24)34-23(20-40-30(34)31-21)19-26(35)33-14-12-32(2)13-15-33/h4-11,18,20,28H,12-17,19H2,1-3H3/t28-/m0/s1. The normalized spacial score (nSPS) is 19.2. The van der Waals surface area contributed by atoms with Crippen LogP contribution in [-0.2, 0) is 19.1 Å². The van der Waals surface area contributed by atoms with Crippen molar-refractivity contribution >= 4 is 28.8 Å². The molecule has 40 heavy (non-hydrogen) atoms. The molecule has 10 heteroatoms. The number of thioether (sulfide) groups is 1. The SMILES string of the molecule is COCCOC(=O)C1=C(C)N=C2SC=C(CC(=O)N3CCN(C)CC3)N2[C@H]1c1cccc(Oc2ccccc2)c1. The number of amidine groups is 1. The van der Waals surface area contributed by atoms with E-state index < -0.39 is 12.0 Å². The number of fused-ring (bicyclic) bond motifs is 1. The van der Waals surface area contributed by atoms with Crippen LogP contribution in [0, 0.1) is 0 Å². The van der Waals surface area contributed by atoms with Gasteiger partial charge in [0.1, 0.15) is 18.1 Å². The highest BCUT2D eigenvalue weighted by atomic mass is 32.2. The Hall–Kier alpha value is -3.60. The molecule has 0 radical (unpaired) electrons. The number of nitrogens with zero attached hydrogens (tertiary/aromatic N) is 4. The van der Waals surface area contributed by atoms with E-state index in [0.717, 1.165) is 29.5 Å². The first-order valence-electron chi connectivity index (χ1n) is 13.3. The Kier molecular flexibility index (Phi) is 8.88. The van der Waals surface area contributed by atoms with E-state index in [9.17, 15) is 9.59 Å². The molecule has 0 bridgehead atoms. The van der Waals surface area contributed by atoms with Crippen molar-refractivity contribution in [2.45, 2.75) is 19.4 Å². The average Bonchev–Trinajstić information content (AvgIpc) is 3.35. The second-order valence-corrected chi connectivity index (χ2v) is 10.7. The number of esters is 1. The number of rotatable bonds is 9. The molecule has 3 aliphatic heterocycles. The smallest absolute Gasteiger partial charge is 0.338 e. The van der Waals surface area contributed by atoms with E-state index in [1.807, 2.05) is 76.7 Å². The van der Waals surface area contributed by atoms with Crippen LogP contribution in [0.4, 0.5) is 0 Å². The van der Waals surface area contributed by atoms with Gasteiger partial charge in [-0.3, -0.25) is 4.79 Å². The Morgan fingerprint density at radius 2 is 1.75 bits per heavy atom. The number of piperazine rings is 1. The van der Waals surface area contributed by atoms with E-state index in [-0.39, 0.29) is 18.9 Å². The van der Waals surface area contributed by atoms with E-state index >= 15 is 0 Å². The van der Waals surface area contributed by atoms with Gasteiger partial charge in [-0.1, -0.05) is 42.1 Å². The molecule has 0 aliphatic carbocycles. The number of hydrogen-bond acceptors (Lipinski definition) is 9. The fourth-order valence-corrected chi connectivity index (χ4v) is 5.90. The minimum absolute atomic E-state index is 0.0663. The van der Waals surface area contributed by atoms with E-state index in [4.69, 9.17) is 19.2 Å². The summed E-state index contributed by atoms with van der Waals surface area (Å²) in [6, 6.07) is 16.7. The molecule has 0 aromatic heterocycles. The van der Waals surface area contributed by atoms with Crippen LogP contribution in [0.3, 0.4) is 0 Å². The van der Waals surface area contributed by atoms with Crippen LogP contribution in [0.5, 0.6) is 11.5 Å². The molecular weight excluding hydrogens is 528 g/mol. The molecule has 0 spiro atoms. The summed E-state index contributed by atoms with van der Waals surface area (Å²) in [5, 5.41) is 2.70. The first-order chi connectivity index (χ1) is 19.4. The lowest BCUT2D eigenvalue weighted by Crippen LogP contribution is -2.47. The Labute approximate surface area is 239 Å². The van der Waals surface area contributed by atoms with Gasteiger partial charge in [-0.15, -0.1) is 0 Å². The molecule has 9 nitrogen and oxygen atoms in total. The lowest BCUT2D eigenvalue weighted by Gasteiger charge is -2.37. The van der Waals surface area contributed by atoms with Crippen LogP contribution >= 0.6 is 11.8 Å². The van der Waals surface area contributed by atoms with Crippen molar-refractivity contribution < 1.29 is 23.8 Å². The molecule has 0 unspecified atom stereocenters. The summed E-state index contributed by atoms with van der Waals surface area (Å²) in [7, 11) is 3.63. The van der Waals surface area contributed by atoms with Gasteiger partial charge in [0.05, 0.1) is 30.3 Å². The van der Waals surface area contributed by atoms with E-state index in [1.54, 1.807) is 7.11 Å². The fourth-order valence-electron chi connectivity index (χ4n) is 4.94. The highest BCUT2D eigenvalue weighted by Crippen LogP contribution is 2.45. The first-order valence-corrected chi connectivity index (χ1v) is 14.2. The maximum atomic E-state index is 13.5. The number of carbonyl (C=O) groups excluding carboxylic acids is 2. The number of amides is 1. The van der Waals surface area contributed by atoms with Crippen LogP contribution in [0.1, 0.15) is 24.9 Å². The molecule has 1 fully saturated rings. The van der Waals surface area contributed by atoms with Crippen LogP contribution < -0.4 is 4.74 Å². The van der Waals surface area contributed by atoms with E-state index in [1.165, 1.54) is 11.8 Å². The molecule has 2 aromatic carbocycles.